The summed E-state index contributed by atoms with van der Waals surface area (Å²) in [5.74, 6) is 1.74. The molecular formula is C18H32IN5. The molecule has 1 fully saturated rings. The molecule has 5 nitrogen and oxygen atoms in total. The number of aromatic nitrogens is 1. The lowest BCUT2D eigenvalue weighted by Gasteiger charge is -2.31. The minimum absolute atomic E-state index is 0. The number of hydrogen-bond donors (Lipinski definition) is 2. The van der Waals surface area contributed by atoms with Crippen molar-refractivity contribution in [3.8, 4) is 0 Å². The van der Waals surface area contributed by atoms with Crippen LogP contribution < -0.4 is 10.6 Å². The SMILES string of the molecule is CCNC(=NCc1ccccn1)NCCC1CCN(CC)CC1.I. The highest BCUT2D eigenvalue weighted by molar-refractivity contribution is 14.0. The average Bonchev–Trinajstić information content (AvgIpc) is 2.61. The van der Waals surface area contributed by atoms with Crippen molar-refractivity contribution < 1.29 is 0 Å². The summed E-state index contributed by atoms with van der Waals surface area (Å²) in [6.45, 7) is 10.5. The van der Waals surface area contributed by atoms with Crippen LogP contribution in [0.1, 0.15) is 38.8 Å². The quantitative estimate of drug-likeness (QED) is 0.385. The van der Waals surface area contributed by atoms with Gasteiger partial charge in [-0.05, 0) is 63.9 Å². The summed E-state index contributed by atoms with van der Waals surface area (Å²) in [5.41, 5.74) is 0.997. The summed E-state index contributed by atoms with van der Waals surface area (Å²) in [4.78, 5) is 11.5. The molecule has 1 aliphatic rings. The van der Waals surface area contributed by atoms with Crippen LogP contribution in [0.5, 0.6) is 0 Å². The highest BCUT2D eigenvalue weighted by Crippen LogP contribution is 2.19. The maximum absolute atomic E-state index is 4.62. The van der Waals surface area contributed by atoms with E-state index in [1.807, 2.05) is 24.4 Å². The molecule has 136 valence electrons. The zero-order chi connectivity index (χ0) is 16.3. The van der Waals surface area contributed by atoms with E-state index in [2.05, 4.69) is 39.4 Å². The Hall–Kier alpha value is -0.890. The molecule has 6 heteroatoms. The van der Waals surface area contributed by atoms with Gasteiger partial charge in [-0.1, -0.05) is 13.0 Å². The van der Waals surface area contributed by atoms with Gasteiger partial charge < -0.3 is 15.5 Å². The molecular weight excluding hydrogens is 413 g/mol. The number of nitrogens with one attached hydrogen (secondary N) is 2. The van der Waals surface area contributed by atoms with Gasteiger partial charge in [-0.3, -0.25) is 4.98 Å². The first-order valence-corrected chi connectivity index (χ1v) is 8.96. The van der Waals surface area contributed by atoms with Crippen molar-refractivity contribution in [2.45, 2.75) is 39.7 Å². The molecule has 0 radical (unpaired) electrons. The second kappa shape index (κ2) is 12.5. The number of pyridine rings is 1. The van der Waals surface area contributed by atoms with Crippen molar-refractivity contribution in [2.24, 2.45) is 10.9 Å². The number of aliphatic imine (C=N–C) groups is 1. The van der Waals surface area contributed by atoms with Crippen LogP contribution >= 0.6 is 24.0 Å². The first kappa shape index (κ1) is 21.2. The van der Waals surface area contributed by atoms with Crippen LogP contribution in [0.2, 0.25) is 0 Å². The molecule has 0 atom stereocenters. The van der Waals surface area contributed by atoms with E-state index < -0.39 is 0 Å². The highest BCUT2D eigenvalue weighted by atomic mass is 127. The predicted octanol–water partition coefficient (Wildman–Crippen LogP) is 2.88. The van der Waals surface area contributed by atoms with Crippen LogP contribution in [-0.2, 0) is 6.54 Å². The Balaban J connectivity index is 0.00000288. The van der Waals surface area contributed by atoms with Crippen molar-refractivity contribution in [1.29, 1.82) is 0 Å². The summed E-state index contributed by atoms with van der Waals surface area (Å²) in [5, 5.41) is 6.77. The topological polar surface area (TPSA) is 52.6 Å². The predicted molar refractivity (Wildman–Crippen MR) is 112 cm³/mol. The zero-order valence-corrected chi connectivity index (χ0v) is 17.3. The molecule has 2 rings (SSSR count). The van der Waals surface area contributed by atoms with Crippen LogP contribution in [0.3, 0.4) is 0 Å². The maximum Gasteiger partial charge on any atom is 0.191 e. The molecule has 0 amide bonds. The Kier molecular flexibility index (Phi) is 11.0. The lowest BCUT2D eigenvalue weighted by Crippen LogP contribution is -2.39. The Labute approximate surface area is 163 Å². The van der Waals surface area contributed by atoms with Crippen molar-refractivity contribution >= 4 is 29.9 Å². The lowest BCUT2D eigenvalue weighted by molar-refractivity contribution is 0.187. The molecule has 0 aliphatic carbocycles. The number of nitrogens with zero attached hydrogens (tertiary/aromatic N) is 3. The first-order valence-electron chi connectivity index (χ1n) is 8.96. The molecule has 0 aromatic carbocycles. The Bertz CT molecular complexity index is 458. The van der Waals surface area contributed by atoms with Gasteiger partial charge in [0.05, 0.1) is 12.2 Å². The second-order valence-corrected chi connectivity index (χ2v) is 6.11. The smallest absolute Gasteiger partial charge is 0.191 e. The van der Waals surface area contributed by atoms with E-state index in [1.54, 1.807) is 0 Å². The molecule has 1 aromatic heterocycles. The third kappa shape index (κ3) is 7.79. The van der Waals surface area contributed by atoms with Crippen LogP contribution in [0.4, 0.5) is 0 Å². The zero-order valence-electron chi connectivity index (χ0n) is 15.0. The van der Waals surface area contributed by atoms with Crippen molar-refractivity contribution in [1.82, 2.24) is 20.5 Å². The molecule has 0 spiro atoms. The summed E-state index contributed by atoms with van der Waals surface area (Å²) in [7, 11) is 0. The number of guanidine groups is 1. The fraction of sp³-hybridized carbons (Fsp3) is 0.667. The van der Waals surface area contributed by atoms with Gasteiger partial charge in [0.2, 0.25) is 0 Å². The monoisotopic (exact) mass is 445 g/mol. The van der Waals surface area contributed by atoms with Gasteiger partial charge in [-0.25, -0.2) is 4.99 Å². The van der Waals surface area contributed by atoms with E-state index >= 15 is 0 Å². The molecule has 1 aromatic rings. The van der Waals surface area contributed by atoms with Crippen LogP contribution in [0.15, 0.2) is 29.4 Å². The van der Waals surface area contributed by atoms with Gasteiger partial charge in [-0.15, -0.1) is 24.0 Å². The van der Waals surface area contributed by atoms with E-state index in [4.69, 9.17) is 0 Å². The van der Waals surface area contributed by atoms with E-state index in [-0.39, 0.29) is 24.0 Å². The molecule has 2 heterocycles. The van der Waals surface area contributed by atoms with Gasteiger partial charge in [0.15, 0.2) is 5.96 Å². The first-order chi connectivity index (χ1) is 11.3. The van der Waals surface area contributed by atoms with E-state index in [9.17, 15) is 0 Å². The molecule has 0 bridgehead atoms. The largest absolute Gasteiger partial charge is 0.357 e. The van der Waals surface area contributed by atoms with Crippen LogP contribution in [0, 0.1) is 5.92 Å². The summed E-state index contributed by atoms with van der Waals surface area (Å²) >= 11 is 0. The van der Waals surface area contributed by atoms with Gasteiger partial charge in [0, 0.05) is 19.3 Å². The average molecular weight is 445 g/mol. The maximum atomic E-state index is 4.62. The minimum atomic E-state index is 0. The van der Waals surface area contributed by atoms with Crippen molar-refractivity contribution in [3.05, 3.63) is 30.1 Å². The van der Waals surface area contributed by atoms with Gasteiger partial charge in [-0.2, -0.15) is 0 Å². The molecule has 1 aliphatic heterocycles. The fourth-order valence-electron chi connectivity index (χ4n) is 2.98. The van der Waals surface area contributed by atoms with Crippen LogP contribution in [0.25, 0.3) is 0 Å². The van der Waals surface area contributed by atoms with E-state index in [1.165, 1.54) is 38.9 Å². The van der Waals surface area contributed by atoms with Crippen molar-refractivity contribution in [2.75, 3.05) is 32.7 Å². The molecule has 2 N–H and O–H groups in total. The van der Waals surface area contributed by atoms with Gasteiger partial charge in [0.1, 0.15) is 0 Å². The Morgan fingerprint density at radius 1 is 1.25 bits per heavy atom. The van der Waals surface area contributed by atoms with E-state index in [0.29, 0.717) is 6.54 Å². The minimum Gasteiger partial charge on any atom is -0.357 e. The molecule has 0 unspecified atom stereocenters. The molecule has 0 saturated carbocycles. The lowest BCUT2D eigenvalue weighted by atomic mass is 9.93. The van der Waals surface area contributed by atoms with Gasteiger partial charge >= 0.3 is 0 Å². The fourth-order valence-corrected chi connectivity index (χ4v) is 2.98. The Morgan fingerprint density at radius 3 is 2.67 bits per heavy atom. The number of piperidine rings is 1. The van der Waals surface area contributed by atoms with Crippen molar-refractivity contribution in [3.63, 3.8) is 0 Å². The number of halogens is 1. The number of likely N-dealkylation sites (tertiary alicyclic amines) is 1. The summed E-state index contributed by atoms with van der Waals surface area (Å²) in [6, 6.07) is 5.94. The standard InChI is InChI=1S/C18H31N5.HI/c1-3-19-18(22-15-17-7-5-6-11-20-17)21-12-8-16-9-13-23(4-2)14-10-16;/h5-7,11,16H,3-4,8-10,12-15H2,1-2H3,(H2,19,21,22);1H. The normalized spacial score (nSPS) is 16.5. The summed E-state index contributed by atoms with van der Waals surface area (Å²) < 4.78 is 0. The van der Waals surface area contributed by atoms with E-state index in [0.717, 1.165) is 30.7 Å². The number of hydrogen-bond acceptors (Lipinski definition) is 3. The van der Waals surface area contributed by atoms with Gasteiger partial charge in [0.25, 0.3) is 0 Å². The third-order valence-electron chi connectivity index (χ3n) is 4.47. The highest BCUT2D eigenvalue weighted by Gasteiger charge is 2.17. The number of rotatable bonds is 7. The Morgan fingerprint density at radius 2 is 2.04 bits per heavy atom. The van der Waals surface area contributed by atoms with Crippen LogP contribution in [-0.4, -0.2) is 48.6 Å². The molecule has 1 saturated heterocycles. The molecule has 24 heavy (non-hydrogen) atoms. The second-order valence-electron chi connectivity index (χ2n) is 6.11. The third-order valence-corrected chi connectivity index (χ3v) is 4.47. The summed E-state index contributed by atoms with van der Waals surface area (Å²) in [6.07, 6.45) is 5.70.